The molecule has 1 heterocycles. The number of likely N-dealkylation sites (N-methyl/N-ethyl adjacent to an activating group) is 1. The second kappa shape index (κ2) is 11.7. The predicted molar refractivity (Wildman–Crippen MR) is 130 cm³/mol. The molecule has 3 unspecified atom stereocenters. The molecule has 0 aromatic heterocycles. The minimum atomic E-state index is -0.0306. The van der Waals surface area contributed by atoms with Gasteiger partial charge in [0.1, 0.15) is 6.54 Å². The van der Waals surface area contributed by atoms with Gasteiger partial charge >= 0.3 is 0 Å². The number of carbonyl (C=O) groups excluding carboxylic acids is 1. The smallest absolute Gasteiger partial charge is 0.243 e. The number of benzene rings is 2. The first-order chi connectivity index (χ1) is 15.4. The first-order valence-corrected chi connectivity index (χ1v) is 11.4. The number of aliphatic imine (C=N–C) groups is 1. The van der Waals surface area contributed by atoms with Crippen LogP contribution in [0.4, 0.5) is 0 Å². The van der Waals surface area contributed by atoms with E-state index < -0.39 is 0 Å². The summed E-state index contributed by atoms with van der Waals surface area (Å²) in [5.41, 5.74) is 3.63. The highest BCUT2D eigenvalue weighted by Crippen LogP contribution is 2.33. The van der Waals surface area contributed by atoms with E-state index in [4.69, 9.17) is 4.74 Å². The van der Waals surface area contributed by atoms with Gasteiger partial charge in [-0.05, 0) is 37.8 Å². The topological polar surface area (TPSA) is 66.0 Å². The number of ether oxygens (including phenoxy) is 1. The summed E-state index contributed by atoms with van der Waals surface area (Å²) in [6.07, 6.45) is 2.20. The minimum Gasteiger partial charge on any atom is -0.373 e. The Labute approximate surface area is 192 Å². The maximum atomic E-state index is 12.1. The molecule has 3 atom stereocenters. The monoisotopic (exact) mass is 436 g/mol. The molecule has 1 aliphatic heterocycles. The number of amides is 1. The van der Waals surface area contributed by atoms with Gasteiger partial charge in [0.05, 0.1) is 12.1 Å². The van der Waals surface area contributed by atoms with E-state index in [1.54, 1.807) is 19.0 Å². The molecule has 1 amide bonds. The second-order valence-electron chi connectivity index (χ2n) is 8.71. The molecule has 1 saturated heterocycles. The highest BCUT2D eigenvalue weighted by atomic mass is 16.5. The lowest BCUT2D eigenvalue weighted by Crippen LogP contribution is -2.43. The van der Waals surface area contributed by atoms with Crippen molar-refractivity contribution in [2.45, 2.75) is 38.8 Å². The van der Waals surface area contributed by atoms with Gasteiger partial charge in [-0.25, -0.2) is 4.99 Å². The van der Waals surface area contributed by atoms with E-state index in [1.807, 2.05) is 18.2 Å². The Kier molecular flexibility index (Phi) is 8.68. The van der Waals surface area contributed by atoms with Gasteiger partial charge in [-0.2, -0.15) is 0 Å². The molecular weight excluding hydrogens is 400 g/mol. The maximum Gasteiger partial charge on any atom is 0.243 e. The fourth-order valence-electron chi connectivity index (χ4n) is 3.88. The van der Waals surface area contributed by atoms with E-state index in [1.165, 1.54) is 16.7 Å². The molecular formula is C26H36N4O2. The predicted octanol–water partition coefficient (Wildman–Crippen LogP) is 3.85. The molecule has 0 radical (unpaired) electrons. The van der Waals surface area contributed by atoms with Crippen LogP contribution in [0.1, 0.15) is 48.6 Å². The third-order valence-electron chi connectivity index (χ3n) is 5.91. The zero-order chi connectivity index (χ0) is 22.9. The van der Waals surface area contributed by atoms with Gasteiger partial charge in [-0.3, -0.25) is 4.79 Å². The van der Waals surface area contributed by atoms with Crippen LogP contribution in [0.3, 0.4) is 0 Å². The summed E-state index contributed by atoms with van der Waals surface area (Å²) in [6.45, 7) is 5.81. The maximum absolute atomic E-state index is 12.1. The van der Waals surface area contributed by atoms with Crippen LogP contribution in [0.15, 0.2) is 59.6 Å². The Morgan fingerprint density at radius 3 is 2.56 bits per heavy atom. The zero-order valence-corrected chi connectivity index (χ0v) is 19.7. The number of nitrogens with one attached hydrogen (secondary N) is 2. The SMILES string of the molecule is Cc1ccc(C2OCCCC2CNC(=NCC(=O)N(C)C)NC(C)c2ccccc2)cc1. The fraction of sp³-hybridized carbons (Fsp3) is 0.462. The van der Waals surface area contributed by atoms with Crippen LogP contribution in [-0.2, 0) is 9.53 Å². The lowest BCUT2D eigenvalue weighted by molar-refractivity contribution is -0.127. The van der Waals surface area contributed by atoms with Crippen molar-refractivity contribution in [3.8, 4) is 0 Å². The molecule has 2 aromatic rings. The molecule has 0 bridgehead atoms. The summed E-state index contributed by atoms with van der Waals surface area (Å²) in [7, 11) is 3.49. The zero-order valence-electron chi connectivity index (χ0n) is 19.7. The first-order valence-electron chi connectivity index (χ1n) is 11.4. The molecule has 0 spiro atoms. The van der Waals surface area contributed by atoms with Crippen molar-refractivity contribution in [2.24, 2.45) is 10.9 Å². The van der Waals surface area contributed by atoms with Gasteiger partial charge in [0.2, 0.25) is 5.91 Å². The van der Waals surface area contributed by atoms with Crippen molar-refractivity contribution < 1.29 is 9.53 Å². The van der Waals surface area contributed by atoms with Crippen molar-refractivity contribution in [3.05, 3.63) is 71.3 Å². The van der Waals surface area contributed by atoms with E-state index in [9.17, 15) is 4.79 Å². The van der Waals surface area contributed by atoms with Crippen molar-refractivity contribution >= 4 is 11.9 Å². The highest BCUT2D eigenvalue weighted by Gasteiger charge is 2.27. The van der Waals surface area contributed by atoms with Crippen molar-refractivity contribution in [1.29, 1.82) is 0 Å². The molecule has 32 heavy (non-hydrogen) atoms. The van der Waals surface area contributed by atoms with Crippen LogP contribution in [0.2, 0.25) is 0 Å². The van der Waals surface area contributed by atoms with Gasteiger partial charge in [0.25, 0.3) is 0 Å². The summed E-state index contributed by atoms with van der Waals surface area (Å²) in [6, 6.07) is 18.9. The van der Waals surface area contributed by atoms with Crippen LogP contribution in [-0.4, -0.2) is 50.6 Å². The van der Waals surface area contributed by atoms with Crippen molar-refractivity contribution in [3.63, 3.8) is 0 Å². The number of hydrogen-bond donors (Lipinski definition) is 2. The van der Waals surface area contributed by atoms with E-state index in [0.717, 1.165) is 26.0 Å². The van der Waals surface area contributed by atoms with Gasteiger partial charge in [-0.1, -0.05) is 60.2 Å². The van der Waals surface area contributed by atoms with Crippen LogP contribution >= 0.6 is 0 Å². The Balaban J connectivity index is 1.70. The lowest BCUT2D eigenvalue weighted by atomic mass is 9.89. The standard InChI is InChI=1S/C26H36N4O2/c1-19-12-14-22(15-13-19)25-23(11-8-16-32-25)17-27-26(28-18-24(31)30(3)4)29-20(2)21-9-6-5-7-10-21/h5-7,9-10,12-15,20,23,25H,8,11,16-18H2,1-4H3,(H2,27,28,29). The molecule has 172 valence electrons. The highest BCUT2D eigenvalue weighted by molar-refractivity contribution is 5.85. The molecule has 6 heteroatoms. The Morgan fingerprint density at radius 2 is 1.88 bits per heavy atom. The second-order valence-corrected chi connectivity index (χ2v) is 8.71. The van der Waals surface area contributed by atoms with E-state index in [-0.39, 0.29) is 24.6 Å². The van der Waals surface area contributed by atoms with Crippen LogP contribution in [0.25, 0.3) is 0 Å². The fourth-order valence-corrected chi connectivity index (χ4v) is 3.88. The largest absolute Gasteiger partial charge is 0.373 e. The number of guanidine groups is 1. The molecule has 1 fully saturated rings. The van der Waals surface area contributed by atoms with Gasteiger partial charge < -0.3 is 20.3 Å². The molecule has 0 saturated carbocycles. The summed E-state index contributed by atoms with van der Waals surface area (Å²) in [5, 5.41) is 6.94. The third kappa shape index (κ3) is 6.82. The summed E-state index contributed by atoms with van der Waals surface area (Å²) in [5.74, 6) is 0.941. The van der Waals surface area contributed by atoms with Crippen molar-refractivity contribution in [2.75, 3.05) is 33.8 Å². The number of nitrogens with zero attached hydrogens (tertiary/aromatic N) is 2. The summed E-state index contributed by atoms with van der Waals surface area (Å²) >= 11 is 0. The molecule has 0 aliphatic carbocycles. The molecule has 6 nitrogen and oxygen atoms in total. The van der Waals surface area contributed by atoms with Gasteiger partial charge in [-0.15, -0.1) is 0 Å². The van der Waals surface area contributed by atoms with Crippen LogP contribution < -0.4 is 10.6 Å². The normalized spacial score (nSPS) is 19.8. The van der Waals surface area contributed by atoms with E-state index >= 15 is 0 Å². The van der Waals surface area contributed by atoms with Crippen LogP contribution in [0.5, 0.6) is 0 Å². The number of carbonyl (C=O) groups is 1. The van der Waals surface area contributed by atoms with Crippen molar-refractivity contribution in [1.82, 2.24) is 15.5 Å². The van der Waals surface area contributed by atoms with Crippen LogP contribution in [0, 0.1) is 12.8 Å². The number of aryl methyl sites for hydroxylation is 1. The number of rotatable bonds is 7. The average Bonchev–Trinajstić information content (AvgIpc) is 2.81. The van der Waals surface area contributed by atoms with Gasteiger partial charge in [0.15, 0.2) is 5.96 Å². The quantitative estimate of drug-likeness (QED) is 0.511. The molecule has 3 rings (SSSR count). The minimum absolute atomic E-state index is 0.0306. The third-order valence-corrected chi connectivity index (χ3v) is 5.91. The average molecular weight is 437 g/mol. The first kappa shape index (κ1) is 23.8. The van der Waals surface area contributed by atoms with E-state index in [2.05, 4.69) is 65.9 Å². The molecule has 2 N–H and O–H groups in total. The van der Waals surface area contributed by atoms with Gasteiger partial charge in [0, 0.05) is 33.2 Å². The number of hydrogen-bond acceptors (Lipinski definition) is 3. The van der Waals surface area contributed by atoms with E-state index in [0.29, 0.717) is 11.9 Å². The Hall–Kier alpha value is -2.86. The Bertz CT molecular complexity index is 880. The molecule has 2 aromatic carbocycles. The Morgan fingerprint density at radius 1 is 1.16 bits per heavy atom. The molecule has 1 aliphatic rings. The lowest BCUT2D eigenvalue weighted by Gasteiger charge is -2.33. The summed E-state index contributed by atoms with van der Waals surface area (Å²) < 4.78 is 6.17. The summed E-state index contributed by atoms with van der Waals surface area (Å²) in [4.78, 5) is 18.2.